The van der Waals surface area contributed by atoms with E-state index in [2.05, 4.69) is 90.0 Å². The maximum absolute atomic E-state index is 2.53. The molecule has 134 valence electrons. The van der Waals surface area contributed by atoms with Crippen molar-refractivity contribution in [1.82, 2.24) is 0 Å². The van der Waals surface area contributed by atoms with Gasteiger partial charge in [0.05, 0.1) is 0 Å². The predicted molar refractivity (Wildman–Crippen MR) is 108 cm³/mol. The van der Waals surface area contributed by atoms with E-state index in [1.165, 1.54) is 19.0 Å². The van der Waals surface area contributed by atoms with Crippen molar-refractivity contribution in [3.05, 3.63) is 0 Å². The van der Waals surface area contributed by atoms with Crippen molar-refractivity contribution in [2.75, 3.05) is 6.16 Å². The fourth-order valence-corrected chi connectivity index (χ4v) is 9.02. The Morgan fingerprint density at radius 2 is 0.909 bits per heavy atom. The Bertz CT molecular complexity index is 342. The van der Waals surface area contributed by atoms with E-state index in [0.717, 1.165) is 0 Å². The lowest BCUT2D eigenvalue weighted by Gasteiger charge is -2.50. The van der Waals surface area contributed by atoms with Crippen LogP contribution in [0.2, 0.25) is 0 Å². The normalized spacial score (nSPS) is 16.8. The van der Waals surface area contributed by atoms with Crippen LogP contribution in [-0.2, 0) is 0 Å². The molecule has 0 aliphatic rings. The number of rotatable bonds is 5. The first-order chi connectivity index (χ1) is 9.25. The zero-order chi connectivity index (χ0) is 18.2. The highest BCUT2D eigenvalue weighted by molar-refractivity contribution is 7.60. The molecule has 0 fully saturated rings. The summed E-state index contributed by atoms with van der Waals surface area (Å²) in [7, 11) is -0.0503. The summed E-state index contributed by atoms with van der Waals surface area (Å²) in [6.07, 6.45) is 4.00. The van der Waals surface area contributed by atoms with Crippen molar-refractivity contribution in [2.45, 2.75) is 113 Å². The topological polar surface area (TPSA) is 0 Å². The van der Waals surface area contributed by atoms with Crippen LogP contribution in [0.4, 0.5) is 0 Å². The molecule has 0 aromatic carbocycles. The highest BCUT2D eigenvalue weighted by atomic mass is 31.1. The lowest BCUT2D eigenvalue weighted by Crippen LogP contribution is -2.37. The Balaban J connectivity index is 5.42. The van der Waals surface area contributed by atoms with Crippen LogP contribution in [0.5, 0.6) is 0 Å². The van der Waals surface area contributed by atoms with E-state index in [1.54, 1.807) is 0 Å². The molecule has 0 saturated heterocycles. The molecule has 0 radical (unpaired) electrons. The molecule has 0 N–H and O–H groups in total. The van der Waals surface area contributed by atoms with Crippen LogP contribution in [0, 0.1) is 16.2 Å². The Labute approximate surface area is 144 Å². The third kappa shape index (κ3) is 8.90. The molecule has 22 heavy (non-hydrogen) atoms. The summed E-state index contributed by atoms with van der Waals surface area (Å²) < 4.78 is 0. The highest BCUT2D eigenvalue weighted by Gasteiger charge is 2.42. The SMILES string of the molecule is CC(C)(C)CC(C)(C)CP(C(C)(C)C)C(C)(C)CC(C)(C)C. The van der Waals surface area contributed by atoms with Gasteiger partial charge in [-0.15, -0.1) is 0 Å². The predicted octanol–water partition coefficient (Wildman–Crippen LogP) is 7.94. The molecule has 0 aromatic heterocycles. The zero-order valence-corrected chi connectivity index (χ0v) is 19.0. The molecule has 0 spiro atoms. The molecule has 0 aromatic rings. The smallest absolute Gasteiger partial charge is 0.0141 e. The molecule has 1 unspecified atom stereocenters. The minimum atomic E-state index is -0.0503. The van der Waals surface area contributed by atoms with Crippen molar-refractivity contribution >= 4 is 7.92 Å². The van der Waals surface area contributed by atoms with Gasteiger partial charge in [0.2, 0.25) is 0 Å². The van der Waals surface area contributed by atoms with Gasteiger partial charge in [0, 0.05) is 0 Å². The van der Waals surface area contributed by atoms with Crippen molar-refractivity contribution in [1.29, 1.82) is 0 Å². The van der Waals surface area contributed by atoms with Crippen LogP contribution in [0.25, 0.3) is 0 Å². The van der Waals surface area contributed by atoms with E-state index in [-0.39, 0.29) is 7.92 Å². The van der Waals surface area contributed by atoms with Gasteiger partial charge in [0.15, 0.2) is 0 Å². The summed E-state index contributed by atoms with van der Waals surface area (Å²) in [5.41, 5.74) is 1.24. The van der Waals surface area contributed by atoms with Gasteiger partial charge in [0.25, 0.3) is 0 Å². The Kier molecular flexibility index (Phi) is 6.87. The number of hydrogen-bond donors (Lipinski definition) is 0. The molecule has 0 heterocycles. The van der Waals surface area contributed by atoms with Crippen molar-refractivity contribution < 1.29 is 0 Å². The maximum atomic E-state index is 2.53. The van der Waals surface area contributed by atoms with E-state index in [4.69, 9.17) is 0 Å². The average molecular weight is 329 g/mol. The minimum absolute atomic E-state index is 0.0503. The Morgan fingerprint density at radius 3 is 1.18 bits per heavy atom. The van der Waals surface area contributed by atoms with Gasteiger partial charge in [-0.2, -0.15) is 0 Å². The largest absolute Gasteiger partial charge is 0.0948 e. The third-order valence-corrected chi connectivity index (χ3v) is 8.51. The van der Waals surface area contributed by atoms with Gasteiger partial charge in [0.1, 0.15) is 0 Å². The van der Waals surface area contributed by atoms with Crippen molar-refractivity contribution in [2.24, 2.45) is 16.2 Å². The first kappa shape index (κ1) is 22.4. The van der Waals surface area contributed by atoms with Crippen LogP contribution in [0.15, 0.2) is 0 Å². The van der Waals surface area contributed by atoms with Gasteiger partial charge in [-0.05, 0) is 45.6 Å². The van der Waals surface area contributed by atoms with Crippen molar-refractivity contribution in [3.63, 3.8) is 0 Å². The second-order valence-electron chi connectivity index (χ2n) is 12.2. The molecule has 0 bridgehead atoms. The fraction of sp³-hybridized carbons (Fsp3) is 1.00. The van der Waals surface area contributed by atoms with Crippen LogP contribution in [0.1, 0.15) is 103 Å². The lowest BCUT2D eigenvalue weighted by atomic mass is 9.77. The quantitative estimate of drug-likeness (QED) is 0.449. The van der Waals surface area contributed by atoms with Gasteiger partial charge in [-0.3, -0.25) is 0 Å². The molecule has 0 nitrogen and oxygen atoms in total. The summed E-state index contributed by atoms with van der Waals surface area (Å²) in [6, 6.07) is 0. The third-order valence-electron chi connectivity index (χ3n) is 4.10. The van der Waals surface area contributed by atoms with Gasteiger partial charge in [-0.1, -0.05) is 97.9 Å². The first-order valence-corrected chi connectivity index (χ1v) is 10.6. The average Bonchev–Trinajstić information content (AvgIpc) is 2.03. The van der Waals surface area contributed by atoms with E-state index >= 15 is 0 Å². The molecule has 0 aliphatic heterocycles. The van der Waals surface area contributed by atoms with Crippen molar-refractivity contribution in [3.8, 4) is 0 Å². The van der Waals surface area contributed by atoms with E-state index in [0.29, 0.717) is 26.6 Å². The summed E-state index contributed by atoms with van der Waals surface area (Å²) in [5.74, 6) is 0. The van der Waals surface area contributed by atoms with Crippen LogP contribution in [-0.4, -0.2) is 16.5 Å². The second kappa shape index (κ2) is 6.74. The lowest BCUT2D eigenvalue weighted by molar-refractivity contribution is 0.235. The standard InChI is InChI=1S/C21H45P/c1-17(2,3)14-20(10,11)16-22(19(7,8)9)21(12,13)15-18(4,5)6/h14-16H2,1-13H3. The Hall–Kier alpha value is 0.430. The fourth-order valence-electron chi connectivity index (χ4n) is 4.67. The summed E-state index contributed by atoms with van der Waals surface area (Å²) in [6.45, 7) is 31.8. The number of hydrogen-bond acceptors (Lipinski definition) is 0. The second-order valence-corrected chi connectivity index (χ2v) is 15.9. The Morgan fingerprint density at radius 1 is 0.545 bits per heavy atom. The summed E-state index contributed by atoms with van der Waals surface area (Å²) >= 11 is 0. The highest BCUT2D eigenvalue weighted by Crippen LogP contribution is 2.65. The monoisotopic (exact) mass is 328 g/mol. The van der Waals surface area contributed by atoms with E-state index in [1.807, 2.05) is 0 Å². The van der Waals surface area contributed by atoms with Gasteiger partial charge in [-0.25, -0.2) is 0 Å². The molecule has 0 amide bonds. The molecular weight excluding hydrogens is 283 g/mol. The molecular formula is C21H45P. The molecule has 1 heteroatoms. The molecule has 1 atom stereocenters. The maximum Gasteiger partial charge on any atom is -0.0141 e. The molecule has 0 saturated carbocycles. The van der Waals surface area contributed by atoms with Crippen LogP contribution >= 0.6 is 7.92 Å². The first-order valence-electron chi connectivity index (χ1n) is 9.03. The summed E-state index contributed by atoms with van der Waals surface area (Å²) in [4.78, 5) is 0. The zero-order valence-electron chi connectivity index (χ0n) is 18.1. The molecule has 0 rings (SSSR count). The van der Waals surface area contributed by atoms with Gasteiger partial charge < -0.3 is 0 Å². The minimum Gasteiger partial charge on any atom is -0.0948 e. The van der Waals surface area contributed by atoms with Crippen LogP contribution < -0.4 is 0 Å². The van der Waals surface area contributed by atoms with Crippen LogP contribution in [0.3, 0.4) is 0 Å². The van der Waals surface area contributed by atoms with E-state index < -0.39 is 0 Å². The summed E-state index contributed by atoms with van der Waals surface area (Å²) in [5, 5.41) is 0.847. The van der Waals surface area contributed by atoms with Gasteiger partial charge >= 0.3 is 0 Å². The van der Waals surface area contributed by atoms with E-state index in [9.17, 15) is 0 Å². The molecule has 0 aliphatic carbocycles.